The number of esters is 1. The number of rotatable bonds is 5. The summed E-state index contributed by atoms with van der Waals surface area (Å²) in [4.78, 5) is 23.5. The maximum absolute atomic E-state index is 12.1. The monoisotopic (exact) mass is 356 g/mol. The standard InChI is InChI=1S/C16H14Cl2O5/c1-8(17)7-22-14-6-13-10(4-12(14)18)9(2)11(16(20)23-13)5-15(19)21-3/h4,6H,1,5,7H2,2-3H3. The first kappa shape index (κ1) is 17.4. The van der Waals surface area contributed by atoms with Gasteiger partial charge in [-0.2, -0.15) is 0 Å². The lowest BCUT2D eigenvalue weighted by Crippen LogP contribution is -2.16. The minimum absolute atomic E-state index is 0.0798. The second kappa shape index (κ2) is 7.06. The van der Waals surface area contributed by atoms with Gasteiger partial charge in [-0.1, -0.05) is 29.8 Å². The molecule has 5 nitrogen and oxygen atoms in total. The van der Waals surface area contributed by atoms with Gasteiger partial charge in [-0.05, 0) is 18.6 Å². The van der Waals surface area contributed by atoms with Crippen molar-refractivity contribution in [1.29, 1.82) is 0 Å². The molecule has 1 heterocycles. The summed E-state index contributed by atoms with van der Waals surface area (Å²) in [6.45, 7) is 5.31. The first-order valence-corrected chi connectivity index (χ1v) is 7.37. The molecule has 23 heavy (non-hydrogen) atoms. The lowest BCUT2D eigenvalue weighted by atomic mass is 10.0. The van der Waals surface area contributed by atoms with E-state index in [1.165, 1.54) is 13.2 Å². The van der Waals surface area contributed by atoms with Gasteiger partial charge in [-0.3, -0.25) is 4.79 Å². The molecule has 0 aliphatic rings. The molecule has 0 aliphatic heterocycles. The summed E-state index contributed by atoms with van der Waals surface area (Å²) in [5.41, 5.74) is 0.552. The third-order valence-corrected chi connectivity index (χ3v) is 3.68. The number of carbonyl (C=O) groups is 1. The topological polar surface area (TPSA) is 65.7 Å². The molecule has 0 bridgehead atoms. The summed E-state index contributed by atoms with van der Waals surface area (Å²) in [6.07, 6.45) is -0.164. The fraction of sp³-hybridized carbons (Fsp3) is 0.250. The van der Waals surface area contributed by atoms with E-state index in [4.69, 9.17) is 32.4 Å². The molecular weight excluding hydrogens is 343 g/mol. The van der Waals surface area contributed by atoms with Crippen LogP contribution in [0.15, 0.2) is 33.0 Å². The molecule has 2 rings (SSSR count). The van der Waals surface area contributed by atoms with E-state index in [-0.39, 0.29) is 18.6 Å². The minimum Gasteiger partial charge on any atom is -0.486 e. The zero-order valence-corrected chi connectivity index (χ0v) is 14.1. The van der Waals surface area contributed by atoms with E-state index in [2.05, 4.69) is 11.3 Å². The zero-order chi connectivity index (χ0) is 17.1. The Kier molecular flexibility index (Phi) is 5.34. The lowest BCUT2D eigenvalue weighted by Gasteiger charge is -2.11. The van der Waals surface area contributed by atoms with Crippen LogP contribution in [-0.2, 0) is 16.0 Å². The molecule has 0 N–H and O–H groups in total. The van der Waals surface area contributed by atoms with Crippen LogP contribution in [0.4, 0.5) is 0 Å². The number of carbonyl (C=O) groups excluding carboxylic acids is 1. The first-order valence-electron chi connectivity index (χ1n) is 6.62. The van der Waals surface area contributed by atoms with Crippen LogP contribution in [0.25, 0.3) is 11.0 Å². The van der Waals surface area contributed by atoms with Crippen molar-refractivity contribution in [2.24, 2.45) is 0 Å². The first-order chi connectivity index (χ1) is 10.8. The Labute approximate surface area is 142 Å². The van der Waals surface area contributed by atoms with E-state index in [9.17, 15) is 9.59 Å². The molecule has 0 saturated heterocycles. The molecule has 2 aromatic rings. The largest absolute Gasteiger partial charge is 0.486 e. The quantitative estimate of drug-likeness (QED) is 0.604. The van der Waals surface area contributed by atoms with Crippen molar-refractivity contribution >= 4 is 40.1 Å². The van der Waals surface area contributed by atoms with Crippen molar-refractivity contribution in [3.05, 3.63) is 50.3 Å². The Morgan fingerprint density at radius 3 is 2.70 bits per heavy atom. The van der Waals surface area contributed by atoms with Crippen LogP contribution in [0.2, 0.25) is 5.02 Å². The van der Waals surface area contributed by atoms with E-state index < -0.39 is 11.6 Å². The average Bonchev–Trinajstić information content (AvgIpc) is 2.50. The van der Waals surface area contributed by atoms with Gasteiger partial charge in [-0.15, -0.1) is 0 Å². The molecule has 0 saturated carbocycles. The highest BCUT2D eigenvalue weighted by Crippen LogP contribution is 2.32. The van der Waals surface area contributed by atoms with E-state index >= 15 is 0 Å². The summed E-state index contributed by atoms with van der Waals surface area (Å²) in [7, 11) is 1.26. The Hall–Kier alpha value is -1.98. The third kappa shape index (κ3) is 3.86. The van der Waals surface area contributed by atoms with Gasteiger partial charge in [-0.25, -0.2) is 4.79 Å². The molecule has 1 aromatic heterocycles. The van der Waals surface area contributed by atoms with Crippen molar-refractivity contribution in [1.82, 2.24) is 0 Å². The molecule has 0 unspecified atom stereocenters. The van der Waals surface area contributed by atoms with E-state index in [1.807, 2.05) is 0 Å². The van der Waals surface area contributed by atoms with Crippen molar-refractivity contribution in [2.75, 3.05) is 13.7 Å². The van der Waals surface area contributed by atoms with Crippen molar-refractivity contribution in [3.63, 3.8) is 0 Å². The van der Waals surface area contributed by atoms with Crippen LogP contribution in [0.3, 0.4) is 0 Å². The summed E-state index contributed by atoms with van der Waals surface area (Å²) >= 11 is 11.8. The Morgan fingerprint density at radius 1 is 1.39 bits per heavy atom. The van der Waals surface area contributed by atoms with E-state index in [0.717, 1.165) is 0 Å². The van der Waals surface area contributed by atoms with Crippen LogP contribution in [0.1, 0.15) is 11.1 Å². The number of hydrogen-bond acceptors (Lipinski definition) is 5. The van der Waals surface area contributed by atoms with Crippen molar-refractivity contribution < 1.29 is 18.7 Å². The molecule has 0 atom stereocenters. The summed E-state index contributed by atoms with van der Waals surface area (Å²) in [5, 5.41) is 1.26. The Balaban J connectivity index is 2.54. The van der Waals surface area contributed by atoms with Crippen LogP contribution in [0, 0.1) is 6.92 Å². The number of halogens is 2. The number of methoxy groups -OCH3 is 1. The SMILES string of the molecule is C=C(Cl)COc1cc2oc(=O)c(CC(=O)OC)c(C)c2cc1Cl. The third-order valence-electron chi connectivity index (χ3n) is 3.27. The number of fused-ring (bicyclic) bond motifs is 1. The van der Waals surface area contributed by atoms with Crippen LogP contribution in [-0.4, -0.2) is 19.7 Å². The number of aryl methyl sites for hydroxylation is 1. The molecule has 0 amide bonds. The maximum atomic E-state index is 12.1. The highest BCUT2D eigenvalue weighted by molar-refractivity contribution is 6.33. The fourth-order valence-electron chi connectivity index (χ4n) is 2.08. The predicted molar refractivity (Wildman–Crippen MR) is 88.4 cm³/mol. The summed E-state index contributed by atoms with van der Waals surface area (Å²) in [5.74, 6) is -0.198. The van der Waals surface area contributed by atoms with Gasteiger partial charge in [0.25, 0.3) is 0 Å². The second-order valence-corrected chi connectivity index (χ2v) is 5.77. The van der Waals surface area contributed by atoms with Gasteiger partial charge in [0.1, 0.15) is 17.9 Å². The molecular formula is C16H14Cl2O5. The molecule has 1 aromatic carbocycles. The van der Waals surface area contributed by atoms with E-state index in [1.54, 1.807) is 13.0 Å². The number of benzene rings is 1. The average molecular weight is 357 g/mol. The van der Waals surface area contributed by atoms with Crippen LogP contribution in [0.5, 0.6) is 5.75 Å². The molecule has 0 spiro atoms. The van der Waals surface area contributed by atoms with Crippen LogP contribution >= 0.6 is 23.2 Å². The summed E-state index contributed by atoms with van der Waals surface area (Å²) < 4.78 is 15.2. The second-order valence-electron chi connectivity index (χ2n) is 4.83. The maximum Gasteiger partial charge on any atom is 0.340 e. The molecule has 122 valence electrons. The summed E-state index contributed by atoms with van der Waals surface area (Å²) in [6, 6.07) is 3.12. The number of hydrogen-bond donors (Lipinski definition) is 0. The van der Waals surface area contributed by atoms with Gasteiger partial charge in [0.15, 0.2) is 0 Å². The van der Waals surface area contributed by atoms with Gasteiger partial charge >= 0.3 is 11.6 Å². The number of ether oxygens (including phenoxy) is 2. The lowest BCUT2D eigenvalue weighted by molar-refractivity contribution is -0.139. The molecule has 0 aliphatic carbocycles. The van der Waals surface area contributed by atoms with Gasteiger partial charge in [0.2, 0.25) is 0 Å². The Morgan fingerprint density at radius 2 is 2.09 bits per heavy atom. The van der Waals surface area contributed by atoms with Gasteiger partial charge < -0.3 is 13.9 Å². The molecule has 0 fully saturated rings. The predicted octanol–water partition coefficient (Wildman–Crippen LogP) is 3.60. The fourth-order valence-corrected chi connectivity index (χ4v) is 2.35. The molecule has 0 radical (unpaired) electrons. The highest BCUT2D eigenvalue weighted by atomic mass is 35.5. The van der Waals surface area contributed by atoms with Crippen LogP contribution < -0.4 is 10.4 Å². The zero-order valence-electron chi connectivity index (χ0n) is 12.6. The van der Waals surface area contributed by atoms with Gasteiger partial charge in [0.05, 0.1) is 24.1 Å². The van der Waals surface area contributed by atoms with Crippen molar-refractivity contribution in [3.8, 4) is 5.75 Å². The van der Waals surface area contributed by atoms with Gasteiger partial charge in [0, 0.05) is 16.5 Å². The minimum atomic E-state index is -0.601. The molecule has 7 heteroatoms. The normalized spacial score (nSPS) is 10.6. The smallest absolute Gasteiger partial charge is 0.340 e. The van der Waals surface area contributed by atoms with Crippen molar-refractivity contribution in [2.45, 2.75) is 13.3 Å². The highest BCUT2D eigenvalue weighted by Gasteiger charge is 2.17. The van der Waals surface area contributed by atoms with E-state index in [0.29, 0.717) is 32.3 Å². The Bertz CT molecular complexity index is 838.